The van der Waals surface area contributed by atoms with Crippen molar-refractivity contribution in [2.75, 3.05) is 7.11 Å². The number of nitrogens with zero attached hydrogens (tertiary/aromatic N) is 1. The van der Waals surface area contributed by atoms with Crippen molar-refractivity contribution in [3.05, 3.63) is 96.8 Å². The molecule has 0 unspecified atom stereocenters. The predicted molar refractivity (Wildman–Crippen MR) is 108 cm³/mol. The third kappa shape index (κ3) is 5.47. The van der Waals surface area contributed by atoms with Crippen molar-refractivity contribution in [2.45, 2.75) is 6.92 Å². The summed E-state index contributed by atoms with van der Waals surface area (Å²) in [5, 5.41) is 0. The van der Waals surface area contributed by atoms with Gasteiger partial charge < -0.3 is 14.2 Å². The fraction of sp³-hybridized carbons (Fsp3) is 0.0870. The maximum Gasteiger partial charge on any atom is 0.225 e. The molecule has 4 heteroatoms. The maximum atomic E-state index is 5.99. The van der Waals surface area contributed by atoms with E-state index in [0.717, 1.165) is 17.0 Å². The van der Waals surface area contributed by atoms with Crippen LogP contribution in [0.3, 0.4) is 0 Å². The summed E-state index contributed by atoms with van der Waals surface area (Å²) >= 11 is 0. The molecule has 0 spiro atoms. The Kier molecular flexibility index (Phi) is 6.26. The van der Waals surface area contributed by atoms with Gasteiger partial charge in [0, 0.05) is 11.6 Å². The van der Waals surface area contributed by atoms with Gasteiger partial charge in [-0.1, -0.05) is 42.5 Å². The second-order valence-corrected chi connectivity index (χ2v) is 5.77. The summed E-state index contributed by atoms with van der Waals surface area (Å²) in [4.78, 5) is 4.62. The van der Waals surface area contributed by atoms with Gasteiger partial charge in [-0.15, -0.1) is 0 Å². The molecular formula is C23H21NO3. The molecule has 0 fully saturated rings. The van der Waals surface area contributed by atoms with Gasteiger partial charge in [0.15, 0.2) is 0 Å². The van der Waals surface area contributed by atoms with Crippen LogP contribution in [-0.4, -0.2) is 13.0 Å². The van der Waals surface area contributed by atoms with Crippen molar-refractivity contribution in [1.82, 2.24) is 0 Å². The van der Waals surface area contributed by atoms with Gasteiger partial charge in [-0.2, -0.15) is 0 Å². The highest BCUT2D eigenvalue weighted by atomic mass is 16.5. The van der Waals surface area contributed by atoms with Gasteiger partial charge in [0.1, 0.15) is 17.2 Å². The molecule has 0 amide bonds. The summed E-state index contributed by atoms with van der Waals surface area (Å²) < 4.78 is 17.0. The maximum absolute atomic E-state index is 5.99. The Hall–Kier alpha value is -3.53. The zero-order valence-corrected chi connectivity index (χ0v) is 15.3. The van der Waals surface area contributed by atoms with Crippen molar-refractivity contribution >= 4 is 11.6 Å². The highest BCUT2D eigenvalue weighted by Gasteiger charge is 2.08. The van der Waals surface area contributed by atoms with E-state index >= 15 is 0 Å². The first kappa shape index (κ1) is 18.3. The molecule has 0 radical (unpaired) electrons. The lowest BCUT2D eigenvalue weighted by Crippen LogP contribution is -2.10. The van der Waals surface area contributed by atoms with Crippen LogP contribution in [0, 0.1) is 0 Å². The summed E-state index contributed by atoms with van der Waals surface area (Å²) in [6, 6.07) is 26.6. The monoisotopic (exact) mass is 359 g/mol. The van der Waals surface area contributed by atoms with Crippen LogP contribution in [-0.2, 0) is 0 Å². The number of hydrogen-bond acceptors (Lipinski definition) is 4. The molecule has 0 saturated heterocycles. The van der Waals surface area contributed by atoms with Crippen LogP contribution in [0.1, 0.15) is 6.92 Å². The first-order valence-electron chi connectivity index (χ1n) is 8.59. The minimum absolute atomic E-state index is 0.468. The Morgan fingerprint density at radius 2 is 1.41 bits per heavy atom. The molecule has 0 saturated carbocycles. The zero-order chi connectivity index (χ0) is 18.9. The molecule has 136 valence electrons. The quantitative estimate of drug-likeness (QED) is 0.318. The second kappa shape index (κ2) is 9.25. The van der Waals surface area contributed by atoms with Gasteiger partial charge in [-0.3, -0.25) is 0 Å². The average Bonchev–Trinajstić information content (AvgIpc) is 2.73. The summed E-state index contributed by atoms with van der Waals surface area (Å²) in [5.41, 5.74) is 1.56. The molecular weight excluding hydrogens is 338 g/mol. The Morgan fingerprint density at radius 3 is 2.11 bits per heavy atom. The number of benzene rings is 3. The minimum Gasteiger partial charge on any atom is -0.497 e. The van der Waals surface area contributed by atoms with E-state index in [2.05, 4.69) is 4.99 Å². The molecule has 0 atom stereocenters. The van der Waals surface area contributed by atoms with Crippen LogP contribution < -0.4 is 14.2 Å². The molecule has 0 aromatic heterocycles. The first-order chi connectivity index (χ1) is 13.2. The Balaban J connectivity index is 1.85. The molecule has 27 heavy (non-hydrogen) atoms. The van der Waals surface area contributed by atoms with E-state index < -0.39 is 0 Å². The van der Waals surface area contributed by atoms with E-state index in [1.165, 1.54) is 0 Å². The number of rotatable bonds is 6. The molecule has 4 nitrogen and oxygen atoms in total. The number of aliphatic imine (C=N–C) groups is 1. The van der Waals surface area contributed by atoms with Crippen molar-refractivity contribution < 1.29 is 14.2 Å². The van der Waals surface area contributed by atoms with Gasteiger partial charge in [0.05, 0.1) is 19.1 Å². The first-order valence-corrected chi connectivity index (χ1v) is 8.59. The van der Waals surface area contributed by atoms with Crippen molar-refractivity contribution in [2.24, 2.45) is 4.99 Å². The van der Waals surface area contributed by atoms with Gasteiger partial charge in [0.2, 0.25) is 5.90 Å². The molecule has 3 rings (SSSR count). The van der Waals surface area contributed by atoms with Crippen LogP contribution >= 0.6 is 0 Å². The van der Waals surface area contributed by atoms with E-state index in [1.54, 1.807) is 13.4 Å². The fourth-order valence-corrected chi connectivity index (χ4v) is 2.29. The van der Waals surface area contributed by atoms with Crippen LogP contribution in [0.4, 0.5) is 5.69 Å². The van der Waals surface area contributed by atoms with E-state index in [9.17, 15) is 0 Å². The number of hydrogen-bond donors (Lipinski definition) is 0. The summed E-state index contributed by atoms with van der Waals surface area (Å²) in [7, 11) is 1.62. The minimum atomic E-state index is 0.468. The van der Waals surface area contributed by atoms with Crippen LogP contribution in [0.5, 0.6) is 17.2 Å². The van der Waals surface area contributed by atoms with Crippen LogP contribution in [0.25, 0.3) is 0 Å². The van der Waals surface area contributed by atoms with E-state index in [-0.39, 0.29) is 0 Å². The van der Waals surface area contributed by atoms with Gasteiger partial charge in [-0.05, 0) is 43.3 Å². The van der Waals surface area contributed by atoms with E-state index in [4.69, 9.17) is 14.2 Å². The topological polar surface area (TPSA) is 40.0 Å². The third-order valence-corrected chi connectivity index (χ3v) is 3.69. The van der Waals surface area contributed by atoms with Crippen LogP contribution in [0.15, 0.2) is 102 Å². The Morgan fingerprint density at radius 1 is 0.778 bits per heavy atom. The largest absolute Gasteiger partial charge is 0.497 e. The Labute approximate surface area is 159 Å². The number of methoxy groups -OCH3 is 1. The SMILES string of the molecule is COc1cccc(O/C=C(C)/C(=N/c2ccccc2)Oc2ccccc2)c1. The fourth-order valence-electron chi connectivity index (χ4n) is 2.29. The van der Waals surface area contributed by atoms with Gasteiger partial charge in [0.25, 0.3) is 0 Å². The predicted octanol–water partition coefficient (Wildman–Crippen LogP) is 5.79. The molecule has 0 heterocycles. The van der Waals surface area contributed by atoms with Crippen LogP contribution in [0.2, 0.25) is 0 Å². The number of ether oxygens (including phenoxy) is 3. The highest BCUT2D eigenvalue weighted by molar-refractivity contribution is 5.96. The summed E-state index contributed by atoms with van der Waals surface area (Å²) in [6.45, 7) is 1.89. The summed E-state index contributed by atoms with van der Waals surface area (Å²) in [6.07, 6.45) is 1.62. The lowest BCUT2D eigenvalue weighted by atomic mass is 10.3. The standard InChI is InChI=1S/C23H21NO3/c1-18(17-26-22-15-9-14-21(16-22)25-2)23(24-19-10-5-3-6-11-19)27-20-12-7-4-8-13-20/h3-17H,1-2H3/b18-17+,24-23-. The Bertz CT molecular complexity index is 919. The summed E-state index contributed by atoms with van der Waals surface area (Å²) in [5.74, 6) is 2.58. The molecule has 0 aliphatic rings. The zero-order valence-electron chi connectivity index (χ0n) is 15.3. The molecule has 0 aliphatic heterocycles. The second-order valence-electron chi connectivity index (χ2n) is 5.77. The van der Waals surface area contributed by atoms with E-state index in [0.29, 0.717) is 17.4 Å². The lowest BCUT2D eigenvalue weighted by molar-refractivity contribution is 0.408. The molecule has 0 N–H and O–H groups in total. The highest BCUT2D eigenvalue weighted by Crippen LogP contribution is 2.21. The molecule has 0 bridgehead atoms. The van der Waals surface area contributed by atoms with Crippen molar-refractivity contribution in [3.63, 3.8) is 0 Å². The van der Waals surface area contributed by atoms with Gasteiger partial charge in [-0.25, -0.2) is 4.99 Å². The lowest BCUT2D eigenvalue weighted by Gasteiger charge is -2.10. The third-order valence-electron chi connectivity index (χ3n) is 3.69. The molecule has 3 aromatic rings. The smallest absolute Gasteiger partial charge is 0.225 e. The van der Waals surface area contributed by atoms with E-state index in [1.807, 2.05) is 91.9 Å². The normalized spacial score (nSPS) is 11.8. The molecule has 0 aliphatic carbocycles. The van der Waals surface area contributed by atoms with Gasteiger partial charge >= 0.3 is 0 Å². The van der Waals surface area contributed by atoms with Crippen molar-refractivity contribution in [1.29, 1.82) is 0 Å². The number of para-hydroxylation sites is 2. The average molecular weight is 359 g/mol. The van der Waals surface area contributed by atoms with Crippen molar-refractivity contribution in [3.8, 4) is 17.2 Å². The molecule has 3 aromatic carbocycles.